The van der Waals surface area contributed by atoms with Crippen molar-refractivity contribution in [2.75, 3.05) is 0 Å². The van der Waals surface area contributed by atoms with E-state index in [0.717, 1.165) is 100 Å². The summed E-state index contributed by atoms with van der Waals surface area (Å²) < 4.78 is 36.0. The molecule has 8 heteroatoms. The fourth-order valence-corrected chi connectivity index (χ4v) is 22.0. The molecule has 8 heterocycles. The van der Waals surface area contributed by atoms with Crippen LogP contribution in [-0.4, -0.2) is 0 Å². The molecule has 0 aliphatic heterocycles. The Balaban J connectivity index is 0.000000137. The van der Waals surface area contributed by atoms with Crippen LogP contribution in [0.3, 0.4) is 0 Å². The van der Waals surface area contributed by atoms with E-state index in [1.807, 2.05) is 69.6 Å². The van der Waals surface area contributed by atoms with Gasteiger partial charge in [0.1, 0.15) is 45.4 Å². The molecule has 0 radical (unpaired) electrons. The number of rotatable bonds is 12. The van der Waals surface area contributed by atoms with Crippen molar-refractivity contribution in [3.63, 3.8) is 0 Å². The van der Waals surface area contributed by atoms with Gasteiger partial charge in [-0.05, 0) is 174 Å². The Hall–Kier alpha value is -14.0. The first-order chi connectivity index (χ1) is 57.3. The third-order valence-corrected chi connectivity index (χ3v) is 27.7. The highest BCUT2D eigenvalue weighted by Crippen LogP contribution is 2.49. The molecule has 24 rings (SSSR count). The van der Waals surface area contributed by atoms with Crippen LogP contribution in [0.1, 0.15) is 0 Å². The third kappa shape index (κ3) is 12.3. The van der Waals surface area contributed by atoms with Crippen molar-refractivity contribution in [1.82, 2.24) is 0 Å². The molecule has 0 bridgehead atoms. The van der Waals surface area contributed by atoms with Crippen LogP contribution in [0.5, 0.6) is 0 Å². The Bertz CT molecular complexity index is 6950. The molecule has 0 unspecified atom stereocenters. The smallest absolute Gasteiger partial charge is 0.135 e. The Morgan fingerprint density at radius 3 is 0.629 bits per heavy atom. The number of hydrogen-bond donors (Lipinski definition) is 0. The molecule has 4 nitrogen and oxygen atoms in total. The van der Waals surface area contributed by atoms with Crippen LogP contribution >= 0.6 is 45.3 Å². The maximum absolute atomic E-state index is 6.36. The van der Waals surface area contributed by atoms with Crippen molar-refractivity contribution in [2.24, 2.45) is 0 Å². The van der Waals surface area contributed by atoms with Crippen molar-refractivity contribution < 1.29 is 17.7 Å². The largest absolute Gasteiger partial charge is 0.456 e. The van der Waals surface area contributed by atoms with Crippen LogP contribution in [0, 0.1) is 0 Å². The Morgan fingerprint density at radius 1 is 0.138 bits per heavy atom. The van der Waals surface area contributed by atoms with Crippen molar-refractivity contribution in [1.29, 1.82) is 0 Å². The van der Waals surface area contributed by atoms with Gasteiger partial charge in [0, 0.05) is 84.1 Å². The lowest BCUT2D eigenvalue weighted by molar-refractivity contribution is 0.631. The maximum Gasteiger partial charge on any atom is 0.135 e. The van der Waals surface area contributed by atoms with Gasteiger partial charge in [-0.25, -0.2) is 0 Å². The summed E-state index contributed by atoms with van der Waals surface area (Å²) in [6, 6.07) is 139. The van der Waals surface area contributed by atoms with Crippen molar-refractivity contribution >= 4 is 148 Å². The second kappa shape index (κ2) is 28.0. The highest BCUT2D eigenvalue weighted by Gasteiger charge is 2.20. The minimum atomic E-state index is 0.883. The van der Waals surface area contributed by atoms with E-state index in [-0.39, 0.29) is 0 Å². The Morgan fingerprint density at radius 2 is 0.345 bits per heavy atom. The predicted molar refractivity (Wildman–Crippen MR) is 494 cm³/mol. The maximum atomic E-state index is 6.36. The summed E-state index contributed by atoms with van der Waals surface area (Å²) >= 11 is 7.58. The molecular formula is C108H64O4S4. The van der Waals surface area contributed by atoms with Gasteiger partial charge in [-0.3, -0.25) is 0 Å². The van der Waals surface area contributed by atoms with Gasteiger partial charge in [-0.1, -0.05) is 303 Å². The molecule has 16 aromatic carbocycles. The number of thiophene rings is 4. The number of benzene rings is 16. The average Bonchev–Trinajstić information content (AvgIpc) is 1.59. The molecule has 0 amide bonds. The molecule has 0 saturated carbocycles. The van der Waals surface area contributed by atoms with Crippen molar-refractivity contribution in [3.8, 4) is 134 Å². The molecule has 0 N–H and O–H groups in total. The zero-order valence-corrected chi connectivity index (χ0v) is 65.5. The van der Waals surface area contributed by atoms with Crippen LogP contribution in [0.15, 0.2) is 406 Å². The van der Waals surface area contributed by atoms with Gasteiger partial charge < -0.3 is 17.7 Å². The minimum absolute atomic E-state index is 0.883. The standard InChI is InChI=1S/2C54H32O2S2/c1-3-7-33(8-4-1)39-21-25-47-43(27-39)29-49(55-47)37-15-11-35(12-16-37)41-19-23-45-51(31-41)57-54-46-24-20-42(32-52(46)58-53(45)54)36-13-17-38(18-14-36)50-30-44-28-40(22-26-48(44)56-50)34-9-5-2-6-10-34;1-3-7-33(8-4-1)39-19-21-43-29-47(55-49(43)27-39)37-15-11-35(12-16-37)41-23-25-45-51(31-41)57-54-46-26-24-42(32-52(46)58-53(45)54)36-13-17-38(18-14-36)48-30-44-22-20-40(28-50(44)56-48)34-9-5-2-6-10-34/h2*1-32H. The van der Waals surface area contributed by atoms with Gasteiger partial charge in [0.05, 0.1) is 18.8 Å². The highest BCUT2D eigenvalue weighted by molar-refractivity contribution is 7.37. The van der Waals surface area contributed by atoms with Crippen LogP contribution in [0.2, 0.25) is 0 Å². The summed E-state index contributed by atoms with van der Waals surface area (Å²) in [6.07, 6.45) is 0. The molecule has 0 saturated heterocycles. The molecule has 116 heavy (non-hydrogen) atoms. The second-order valence-corrected chi connectivity index (χ2v) is 34.0. The molecule has 8 aromatic heterocycles. The molecule has 0 atom stereocenters. The second-order valence-electron chi connectivity index (χ2n) is 29.8. The van der Waals surface area contributed by atoms with E-state index in [0.29, 0.717) is 0 Å². The lowest BCUT2D eigenvalue weighted by Gasteiger charge is -2.04. The van der Waals surface area contributed by atoms with E-state index in [1.54, 1.807) is 0 Å². The normalized spacial score (nSPS) is 11.8. The van der Waals surface area contributed by atoms with Crippen LogP contribution in [-0.2, 0) is 0 Å². The quantitative estimate of drug-likeness (QED) is 0.122. The third-order valence-electron chi connectivity index (χ3n) is 22.7. The minimum Gasteiger partial charge on any atom is -0.456 e. The van der Waals surface area contributed by atoms with E-state index in [4.69, 9.17) is 17.7 Å². The van der Waals surface area contributed by atoms with Crippen LogP contribution in [0.25, 0.3) is 237 Å². The molecule has 0 fully saturated rings. The van der Waals surface area contributed by atoms with Gasteiger partial charge in [0.2, 0.25) is 0 Å². The zero-order chi connectivity index (χ0) is 76.3. The fraction of sp³-hybridized carbons (Fsp3) is 0. The summed E-state index contributed by atoms with van der Waals surface area (Å²) in [4.78, 5) is 0. The Labute approximate surface area is 683 Å². The van der Waals surface area contributed by atoms with Crippen molar-refractivity contribution in [3.05, 3.63) is 388 Å². The first-order valence-corrected chi connectivity index (χ1v) is 42.2. The number of fused-ring (bicyclic) bond motifs is 14. The predicted octanol–water partition coefficient (Wildman–Crippen LogP) is 33.5. The Kier molecular flexibility index (Phi) is 16.3. The molecule has 0 aliphatic carbocycles. The van der Waals surface area contributed by atoms with E-state index in [2.05, 4.69) is 364 Å². The zero-order valence-electron chi connectivity index (χ0n) is 62.2. The molecule has 0 spiro atoms. The summed E-state index contributed by atoms with van der Waals surface area (Å²) in [5.41, 5.74) is 27.1. The first-order valence-electron chi connectivity index (χ1n) is 38.9. The van der Waals surface area contributed by atoms with E-state index in [1.165, 1.54) is 137 Å². The monoisotopic (exact) mass is 1550 g/mol. The van der Waals surface area contributed by atoms with Gasteiger partial charge in [-0.2, -0.15) is 0 Å². The van der Waals surface area contributed by atoms with E-state index < -0.39 is 0 Å². The van der Waals surface area contributed by atoms with Gasteiger partial charge in [-0.15, -0.1) is 45.3 Å². The SMILES string of the molecule is c1ccc(-c2ccc3cc(-c4ccc(-c5ccc6c(c5)sc5c7ccc(-c8ccc(-c9cc%10ccc(-c%11ccccc%11)cc%10o9)cc8)cc7sc65)cc4)oc3c2)cc1.c1ccc(-c2ccc3oc(-c4ccc(-c5ccc6c(c5)sc5c7ccc(-c8ccc(-c9cc%10cc(-c%11ccccc%11)ccc%10o9)cc8)cc7sc65)cc4)cc3c2)cc1. The van der Waals surface area contributed by atoms with E-state index in [9.17, 15) is 0 Å². The summed E-state index contributed by atoms with van der Waals surface area (Å²) in [6.45, 7) is 0. The molecular weight excluding hydrogens is 1490 g/mol. The van der Waals surface area contributed by atoms with Crippen LogP contribution < -0.4 is 0 Å². The first kappa shape index (κ1) is 67.7. The number of furan rings is 4. The summed E-state index contributed by atoms with van der Waals surface area (Å²) in [5.74, 6) is 3.53. The van der Waals surface area contributed by atoms with Crippen LogP contribution in [0.4, 0.5) is 0 Å². The lowest BCUT2D eigenvalue weighted by Crippen LogP contribution is -1.79. The van der Waals surface area contributed by atoms with Gasteiger partial charge >= 0.3 is 0 Å². The molecule has 544 valence electrons. The van der Waals surface area contributed by atoms with Gasteiger partial charge in [0.15, 0.2) is 0 Å². The topological polar surface area (TPSA) is 52.6 Å². The lowest BCUT2D eigenvalue weighted by atomic mass is 10.0. The fourth-order valence-electron chi connectivity index (χ4n) is 16.5. The average molecular weight is 1550 g/mol. The summed E-state index contributed by atoms with van der Waals surface area (Å²) in [5, 5.41) is 9.74. The number of hydrogen-bond acceptors (Lipinski definition) is 8. The van der Waals surface area contributed by atoms with E-state index >= 15 is 0 Å². The summed E-state index contributed by atoms with van der Waals surface area (Å²) in [7, 11) is 0. The molecule has 0 aliphatic rings. The molecule has 24 aromatic rings. The van der Waals surface area contributed by atoms with Gasteiger partial charge in [0.25, 0.3) is 0 Å². The van der Waals surface area contributed by atoms with Crippen molar-refractivity contribution in [2.45, 2.75) is 0 Å². The highest BCUT2D eigenvalue weighted by atomic mass is 32.1.